The van der Waals surface area contributed by atoms with Gasteiger partial charge in [-0.3, -0.25) is 9.10 Å². The minimum atomic E-state index is -4.93. The second-order valence-corrected chi connectivity index (χ2v) is 8.07. The number of nitrogens with zero attached hydrogens (tertiary/aromatic N) is 1. The number of sulfonamides is 1. The number of rotatable bonds is 4. The van der Waals surface area contributed by atoms with Crippen molar-refractivity contribution >= 4 is 38.1 Å². The van der Waals surface area contributed by atoms with E-state index in [0.29, 0.717) is 16.5 Å². The van der Waals surface area contributed by atoms with Gasteiger partial charge in [0.2, 0.25) is 5.91 Å². The summed E-state index contributed by atoms with van der Waals surface area (Å²) in [7, 11) is -3.96. The Balaban J connectivity index is 1.62. The SMILES string of the molecule is O=C(CN1c2cccc3cccc(c23)S1(=O)=O)Nc1ccccc1OC(F)(F)F. The Bertz CT molecular complexity index is 1220. The van der Waals surface area contributed by atoms with Gasteiger partial charge in [0.25, 0.3) is 10.0 Å². The molecule has 10 heteroatoms. The molecule has 0 atom stereocenters. The maximum Gasteiger partial charge on any atom is 0.573 e. The van der Waals surface area contributed by atoms with Crippen LogP contribution in [-0.2, 0) is 14.8 Å². The molecule has 1 heterocycles. The Morgan fingerprint density at radius 1 is 1.00 bits per heavy atom. The lowest BCUT2D eigenvalue weighted by Crippen LogP contribution is -2.35. The molecule has 1 amide bonds. The molecule has 0 saturated heterocycles. The molecule has 0 aromatic heterocycles. The normalized spacial score (nSPS) is 14.8. The summed E-state index contributed by atoms with van der Waals surface area (Å²) in [5, 5.41) is 3.49. The first-order chi connectivity index (χ1) is 13.7. The molecule has 0 aliphatic carbocycles. The Morgan fingerprint density at radius 3 is 2.41 bits per heavy atom. The second kappa shape index (κ2) is 6.66. The minimum absolute atomic E-state index is 0.0826. The molecular formula is C19H13F3N2O4S. The van der Waals surface area contributed by atoms with Crippen LogP contribution in [0.25, 0.3) is 10.8 Å². The maximum absolute atomic E-state index is 12.9. The number of para-hydroxylation sites is 2. The first kappa shape index (κ1) is 19.1. The van der Waals surface area contributed by atoms with E-state index in [-0.39, 0.29) is 10.6 Å². The lowest BCUT2D eigenvalue weighted by Gasteiger charge is -2.19. The molecule has 0 spiro atoms. The molecule has 0 fully saturated rings. The van der Waals surface area contributed by atoms with Crippen LogP contribution in [0.15, 0.2) is 65.6 Å². The number of carbonyl (C=O) groups excluding carboxylic acids is 1. The maximum atomic E-state index is 12.9. The summed E-state index contributed by atoms with van der Waals surface area (Å²) in [5.74, 6) is -1.40. The summed E-state index contributed by atoms with van der Waals surface area (Å²) in [5.41, 5.74) is 0.121. The molecular weight excluding hydrogens is 409 g/mol. The third-order valence-electron chi connectivity index (χ3n) is 4.36. The van der Waals surface area contributed by atoms with Crippen molar-refractivity contribution in [1.29, 1.82) is 0 Å². The Kier molecular flexibility index (Phi) is 4.38. The third-order valence-corrected chi connectivity index (χ3v) is 6.16. The third kappa shape index (κ3) is 3.46. The van der Waals surface area contributed by atoms with Crippen LogP contribution in [0.2, 0.25) is 0 Å². The molecule has 1 N–H and O–H groups in total. The molecule has 4 rings (SSSR count). The molecule has 1 aliphatic rings. The Hall–Kier alpha value is -3.27. The average molecular weight is 422 g/mol. The van der Waals surface area contributed by atoms with Crippen LogP contribution < -0.4 is 14.4 Å². The first-order valence-electron chi connectivity index (χ1n) is 8.36. The van der Waals surface area contributed by atoms with Crippen molar-refractivity contribution in [2.75, 3.05) is 16.2 Å². The van der Waals surface area contributed by atoms with Gasteiger partial charge in [0.15, 0.2) is 5.75 Å². The van der Waals surface area contributed by atoms with Gasteiger partial charge in [-0.1, -0.05) is 36.4 Å². The van der Waals surface area contributed by atoms with Gasteiger partial charge in [-0.2, -0.15) is 0 Å². The highest BCUT2D eigenvalue weighted by Crippen LogP contribution is 2.41. The number of hydrogen-bond donors (Lipinski definition) is 1. The van der Waals surface area contributed by atoms with E-state index in [1.54, 1.807) is 30.3 Å². The van der Waals surface area contributed by atoms with Crippen molar-refractivity contribution in [3.63, 3.8) is 0 Å². The number of benzene rings is 3. The topological polar surface area (TPSA) is 75.7 Å². The molecule has 0 bridgehead atoms. The van der Waals surface area contributed by atoms with E-state index in [1.807, 2.05) is 0 Å². The van der Waals surface area contributed by atoms with Gasteiger partial charge in [-0.25, -0.2) is 8.42 Å². The van der Waals surface area contributed by atoms with Gasteiger partial charge >= 0.3 is 6.36 Å². The Morgan fingerprint density at radius 2 is 1.69 bits per heavy atom. The molecule has 3 aromatic rings. The zero-order chi connectivity index (χ0) is 20.8. The van der Waals surface area contributed by atoms with E-state index < -0.39 is 34.6 Å². The van der Waals surface area contributed by atoms with E-state index in [1.165, 1.54) is 24.3 Å². The lowest BCUT2D eigenvalue weighted by molar-refractivity contribution is -0.274. The fraction of sp³-hybridized carbons (Fsp3) is 0.105. The van der Waals surface area contributed by atoms with Crippen molar-refractivity contribution in [1.82, 2.24) is 0 Å². The minimum Gasteiger partial charge on any atom is -0.404 e. The summed E-state index contributed by atoms with van der Waals surface area (Å²) in [4.78, 5) is 12.6. The highest BCUT2D eigenvalue weighted by atomic mass is 32.2. The second-order valence-electron chi connectivity index (χ2n) is 6.24. The fourth-order valence-electron chi connectivity index (χ4n) is 3.23. The standard InChI is InChI=1S/C19H13F3N2O4S/c20-19(21,22)28-15-9-2-1-7-13(15)23-17(25)11-24-14-8-3-5-12-6-4-10-16(18(12)14)29(24,26)27/h1-10H,11H2,(H,23,25). The number of ether oxygens (including phenoxy) is 1. The summed E-state index contributed by atoms with van der Waals surface area (Å²) in [6, 6.07) is 14.8. The van der Waals surface area contributed by atoms with E-state index in [4.69, 9.17) is 0 Å². The molecule has 6 nitrogen and oxygen atoms in total. The molecule has 0 saturated carbocycles. The molecule has 1 aliphatic heterocycles. The van der Waals surface area contributed by atoms with Crippen LogP contribution in [0.3, 0.4) is 0 Å². The average Bonchev–Trinajstić information content (AvgIpc) is 2.86. The monoisotopic (exact) mass is 422 g/mol. The summed E-state index contributed by atoms with van der Waals surface area (Å²) in [6.07, 6.45) is -4.93. The number of nitrogens with one attached hydrogen (secondary N) is 1. The van der Waals surface area contributed by atoms with Gasteiger partial charge in [0, 0.05) is 5.39 Å². The Labute approximate surface area is 163 Å². The predicted octanol–water partition coefficient (Wildman–Crippen LogP) is 3.89. The van der Waals surface area contributed by atoms with Crippen LogP contribution in [0, 0.1) is 0 Å². The van der Waals surface area contributed by atoms with E-state index in [9.17, 15) is 26.4 Å². The number of halogens is 3. The first-order valence-corrected chi connectivity index (χ1v) is 9.80. The van der Waals surface area contributed by atoms with Crippen molar-refractivity contribution in [3.05, 3.63) is 60.7 Å². The summed E-state index contributed by atoms with van der Waals surface area (Å²) >= 11 is 0. The summed E-state index contributed by atoms with van der Waals surface area (Å²) < 4.78 is 68.2. The number of amides is 1. The van der Waals surface area contributed by atoms with Crippen molar-refractivity contribution in [2.24, 2.45) is 0 Å². The van der Waals surface area contributed by atoms with Crippen molar-refractivity contribution < 1.29 is 31.1 Å². The van der Waals surface area contributed by atoms with Gasteiger partial charge in [-0.15, -0.1) is 13.2 Å². The molecule has 0 radical (unpaired) electrons. The van der Waals surface area contributed by atoms with Gasteiger partial charge < -0.3 is 10.1 Å². The van der Waals surface area contributed by atoms with Crippen LogP contribution in [0.4, 0.5) is 24.5 Å². The van der Waals surface area contributed by atoms with E-state index in [0.717, 1.165) is 10.4 Å². The number of anilines is 2. The number of alkyl halides is 3. The lowest BCUT2D eigenvalue weighted by atomic mass is 10.1. The quantitative estimate of drug-likeness (QED) is 0.692. The van der Waals surface area contributed by atoms with E-state index >= 15 is 0 Å². The number of hydrogen-bond acceptors (Lipinski definition) is 4. The largest absolute Gasteiger partial charge is 0.573 e. The van der Waals surface area contributed by atoms with Crippen LogP contribution in [0.1, 0.15) is 0 Å². The number of carbonyl (C=O) groups is 1. The zero-order valence-electron chi connectivity index (χ0n) is 14.6. The molecule has 150 valence electrons. The highest BCUT2D eigenvalue weighted by molar-refractivity contribution is 7.93. The van der Waals surface area contributed by atoms with Crippen LogP contribution in [0.5, 0.6) is 5.75 Å². The van der Waals surface area contributed by atoms with Gasteiger partial charge in [0.05, 0.1) is 16.3 Å². The van der Waals surface area contributed by atoms with E-state index in [2.05, 4.69) is 10.1 Å². The molecule has 0 unspecified atom stereocenters. The van der Waals surface area contributed by atoms with Gasteiger partial charge in [-0.05, 0) is 29.7 Å². The van der Waals surface area contributed by atoms with Crippen LogP contribution >= 0.6 is 0 Å². The zero-order valence-corrected chi connectivity index (χ0v) is 15.4. The molecule has 29 heavy (non-hydrogen) atoms. The molecule has 3 aromatic carbocycles. The summed E-state index contributed by atoms with van der Waals surface area (Å²) in [6.45, 7) is -0.601. The smallest absolute Gasteiger partial charge is 0.404 e. The van der Waals surface area contributed by atoms with Crippen LogP contribution in [-0.4, -0.2) is 27.2 Å². The van der Waals surface area contributed by atoms with Crippen molar-refractivity contribution in [2.45, 2.75) is 11.3 Å². The fourth-order valence-corrected chi connectivity index (χ4v) is 4.90. The predicted molar refractivity (Wildman–Crippen MR) is 100 cm³/mol. The highest BCUT2D eigenvalue weighted by Gasteiger charge is 2.37. The van der Waals surface area contributed by atoms with Crippen molar-refractivity contribution in [3.8, 4) is 5.75 Å². The van der Waals surface area contributed by atoms with Gasteiger partial charge in [0.1, 0.15) is 6.54 Å².